The van der Waals surface area contributed by atoms with Crippen molar-refractivity contribution < 1.29 is 14.0 Å². The smallest absolute Gasteiger partial charge is 0.226 e. The van der Waals surface area contributed by atoms with Crippen LogP contribution in [0.3, 0.4) is 0 Å². The number of hydrogen-bond donors (Lipinski definition) is 1. The number of primary amides is 1. The summed E-state index contributed by atoms with van der Waals surface area (Å²) >= 11 is 0. The monoisotopic (exact) mass is 356 g/mol. The molecule has 1 fully saturated rings. The maximum absolute atomic E-state index is 13.6. The first kappa shape index (κ1) is 17.8. The first-order valence-corrected chi connectivity index (χ1v) is 8.42. The second kappa shape index (κ2) is 7.51. The molecule has 1 saturated heterocycles. The lowest BCUT2D eigenvalue weighted by Crippen LogP contribution is -2.31. The van der Waals surface area contributed by atoms with E-state index in [1.807, 2.05) is 6.20 Å². The van der Waals surface area contributed by atoms with Crippen LogP contribution in [0.5, 0.6) is 0 Å². The zero-order valence-corrected chi connectivity index (χ0v) is 14.5. The Hall–Kier alpha value is -2.96. The minimum Gasteiger partial charge on any atom is -0.369 e. The average Bonchev–Trinajstić information content (AvgIpc) is 3.22. The van der Waals surface area contributed by atoms with Gasteiger partial charge in [0.25, 0.3) is 0 Å². The highest BCUT2D eigenvalue weighted by Crippen LogP contribution is 2.32. The molecule has 0 unspecified atom stereocenters. The van der Waals surface area contributed by atoms with Gasteiger partial charge < -0.3 is 10.6 Å². The third-order valence-electron chi connectivity index (χ3n) is 4.69. The molecule has 1 aromatic heterocycles. The van der Waals surface area contributed by atoms with Gasteiger partial charge in [-0.25, -0.2) is 4.39 Å². The number of rotatable bonds is 5. The Morgan fingerprint density at radius 1 is 1.35 bits per heavy atom. The predicted molar refractivity (Wildman–Crippen MR) is 95.3 cm³/mol. The molecule has 6 nitrogen and oxygen atoms in total. The second-order valence-electron chi connectivity index (χ2n) is 6.49. The summed E-state index contributed by atoms with van der Waals surface area (Å²) in [4.78, 5) is 25.9. The molecule has 0 saturated carbocycles. The zero-order chi connectivity index (χ0) is 18.7. The molecule has 0 radical (unpaired) electrons. The standard InChI is InChI=1S/C19H21FN4O2/c1-23-10-14(9-22-23)15-11-24(12-16(15)19(21)26)18(25)8-4-6-13-5-2-3-7-17(13)20/h2-7,9-10,15-16H,8,11-12H2,1H3,(H2,21,26)/b6-4+/t15-,16+/m1/s1. The summed E-state index contributed by atoms with van der Waals surface area (Å²) in [6.45, 7) is 0.715. The van der Waals surface area contributed by atoms with Crippen LogP contribution < -0.4 is 5.73 Å². The van der Waals surface area contributed by atoms with Crippen molar-refractivity contribution in [2.45, 2.75) is 12.3 Å². The van der Waals surface area contributed by atoms with Gasteiger partial charge in [-0.3, -0.25) is 14.3 Å². The van der Waals surface area contributed by atoms with E-state index in [0.717, 1.165) is 5.56 Å². The summed E-state index contributed by atoms with van der Waals surface area (Å²) in [6, 6.07) is 6.37. The Bertz CT molecular complexity index is 846. The number of hydrogen-bond acceptors (Lipinski definition) is 3. The molecule has 26 heavy (non-hydrogen) atoms. The van der Waals surface area contributed by atoms with Gasteiger partial charge >= 0.3 is 0 Å². The quantitative estimate of drug-likeness (QED) is 0.885. The molecular formula is C19H21FN4O2. The number of benzene rings is 1. The summed E-state index contributed by atoms with van der Waals surface area (Å²) in [5.41, 5.74) is 6.86. The third-order valence-corrected chi connectivity index (χ3v) is 4.69. The van der Waals surface area contributed by atoms with Gasteiger partial charge in [0.2, 0.25) is 11.8 Å². The van der Waals surface area contributed by atoms with E-state index in [9.17, 15) is 14.0 Å². The molecule has 0 aliphatic carbocycles. The molecule has 2 N–H and O–H groups in total. The number of nitrogens with zero attached hydrogens (tertiary/aromatic N) is 3. The van der Waals surface area contributed by atoms with Crippen molar-refractivity contribution in [3.8, 4) is 0 Å². The van der Waals surface area contributed by atoms with Crippen LogP contribution in [0.1, 0.15) is 23.5 Å². The van der Waals surface area contributed by atoms with E-state index in [2.05, 4.69) is 5.10 Å². The van der Waals surface area contributed by atoms with E-state index in [1.54, 1.807) is 53.2 Å². The van der Waals surface area contributed by atoms with Crippen molar-refractivity contribution in [1.82, 2.24) is 14.7 Å². The number of carbonyl (C=O) groups is 2. The van der Waals surface area contributed by atoms with Crippen LogP contribution in [0, 0.1) is 11.7 Å². The predicted octanol–water partition coefficient (Wildman–Crippen LogP) is 1.69. The van der Waals surface area contributed by atoms with Gasteiger partial charge in [0.15, 0.2) is 0 Å². The lowest BCUT2D eigenvalue weighted by molar-refractivity contribution is -0.129. The molecule has 1 aliphatic rings. The lowest BCUT2D eigenvalue weighted by atomic mass is 9.90. The van der Waals surface area contributed by atoms with Gasteiger partial charge in [-0.1, -0.05) is 30.4 Å². The minimum absolute atomic E-state index is 0.116. The molecule has 3 rings (SSSR count). The number of likely N-dealkylation sites (tertiary alicyclic amines) is 1. The number of nitrogens with two attached hydrogens (primary N) is 1. The number of aromatic nitrogens is 2. The van der Waals surface area contributed by atoms with E-state index in [4.69, 9.17) is 5.73 Å². The van der Waals surface area contributed by atoms with E-state index in [1.165, 1.54) is 6.07 Å². The maximum Gasteiger partial charge on any atom is 0.226 e. The number of aryl methyl sites for hydroxylation is 1. The Labute approximate surface area is 151 Å². The number of carbonyl (C=O) groups excluding carboxylic acids is 2. The Morgan fingerprint density at radius 2 is 2.12 bits per heavy atom. The van der Waals surface area contributed by atoms with Crippen molar-refractivity contribution in [2.75, 3.05) is 13.1 Å². The Balaban J connectivity index is 1.66. The zero-order valence-electron chi connectivity index (χ0n) is 14.5. The van der Waals surface area contributed by atoms with Gasteiger partial charge in [0.1, 0.15) is 5.82 Å². The lowest BCUT2D eigenvalue weighted by Gasteiger charge is -2.14. The van der Waals surface area contributed by atoms with Crippen molar-refractivity contribution in [3.05, 3.63) is 59.7 Å². The van der Waals surface area contributed by atoms with Crippen LogP contribution in [-0.2, 0) is 16.6 Å². The van der Waals surface area contributed by atoms with Gasteiger partial charge in [-0.15, -0.1) is 0 Å². The summed E-state index contributed by atoms with van der Waals surface area (Å²) in [7, 11) is 1.80. The summed E-state index contributed by atoms with van der Waals surface area (Å²) in [5, 5.41) is 4.13. The fourth-order valence-electron chi connectivity index (χ4n) is 3.29. The topological polar surface area (TPSA) is 81.2 Å². The van der Waals surface area contributed by atoms with E-state index in [0.29, 0.717) is 18.7 Å². The van der Waals surface area contributed by atoms with Crippen LogP contribution in [0.15, 0.2) is 42.7 Å². The molecule has 2 aromatic rings. The van der Waals surface area contributed by atoms with Crippen LogP contribution >= 0.6 is 0 Å². The average molecular weight is 356 g/mol. The highest BCUT2D eigenvalue weighted by molar-refractivity contribution is 5.83. The molecule has 1 aliphatic heterocycles. The van der Waals surface area contributed by atoms with Crippen molar-refractivity contribution in [3.63, 3.8) is 0 Å². The highest BCUT2D eigenvalue weighted by atomic mass is 19.1. The normalized spacial score (nSPS) is 20.0. The molecule has 2 amide bonds. The third kappa shape index (κ3) is 3.82. The second-order valence-corrected chi connectivity index (χ2v) is 6.49. The van der Waals surface area contributed by atoms with E-state index >= 15 is 0 Å². The molecule has 136 valence electrons. The summed E-state index contributed by atoms with van der Waals surface area (Å²) in [5.74, 6) is -1.45. The fourth-order valence-corrected chi connectivity index (χ4v) is 3.29. The van der Waals surface area contributed by atoms with Crippen LogP contribution in [-0.4, -0.2) is 39.6 Å². The summed E-state index contributed by atoms with van der Waals surface area (Å²) in [6.07, 6.45) is 6.91. The minimum atomic E-state index is -0.432. The SMILES string of the molecule is Cn1cc([C@H]2CN(C(=O)C/C=C/c3ccccc3F)C[C@@H]2C(N)=O)cn1. The van der Waals surface area contributed by atoms with Gasteiger partial charge in [0.05, 0.1) is 12.1 Å². The number of amides is 2. The number of halogens is 1. The van der Waals surface area contributed by atoms with Crippen molar-refractivity contribution in [1.29, 1.82) is 0 Å². The summed E-state index contributed by atoms with van der Waals surface area (Å²) < 4.78 is 15.3. The molecular weight excluding hydrogens is 335 g/mol. The largest absolute Gasteiger partial charge is 0.369 e. The van der Waals surface area contributed by atoms with Gasteiger partial charge in [-0.05, 0) is 11.6 Å². The fraction of sp³-hybridized carbons (Fsp3) is 0.316. The van der Waals surface area contributed by atoms with E-state index < -0.39 is 11.8 Å². The molecule has 2 atom stereocenters. The van der Waals surface area contributed by atoms with Crippen molar-refractivity contribution >= 4 is 17.9 Å². The van der Waals surface area contributed by atoms with Crippen molar-refractivity contribution in [2.24, 2.45) is 18.7 Å². The molecule has 1 aromatic carbocycles. The Morgan fingerprint density at radius 3 is 2.77 bits per heavy atom. The first-order chi connectivity index (χ1) is 12.5. The highest BCUT2D eigenvalue weighted by Gasteiger charge is 2.39. The van der Waals surface area contributed by atoms with E-state index in [-0.39, 0.29) is 24.1 Å². The molecule has 2 heterocycles. The van der Waals surface area contributed by atoms with Gasteiger partial charge in [0, 0.05) is 44.2 Å². The molecule has 0 bridgehead atoms. The van der Waals surface area contributed by atoms with Crippen LogP contribution in [0.25, 0.3) is 6.08 Å². The maximum atomic E-state index is 13.6. The molecule has 0 spiro atoms. The van der Waals surface area contributed by atoms with Crippen LogP contribution in [0.4, 0.5) is 4.39 Å². The van der Waals surface area contributed by atoms with Gasteiger partial charge in [-0.2, -0.15) is 5.10 Å². The molecule has 7 heteroatoms. The Kier molecular flexibility index (Phi) is 5.16. The first-order valence-electron chi connectivity index (χ1n) is 8.42. The van der Waals surface area contributed by atoms with Crippen LogP contribution in [0.2, 0.25) is 0 Å².